The standard InChI is InChI=1S/C26H22N2O4S/c1-15-5-9-19(10-6-15)25(30)22-21(20-4-3-13-33-20)24(26(31)32)28(16(2)29)23(22)18-11-7-17(14-27)8-12-18/h3-13,21-24H,1-2H3,(H,31,32). The molecule has 0 aliphatic carbocycles. The zero-order chi connectivity index (χ0) is 23.7. The van der Waals surface area contributed by atoms with Crippen LogP contribution < -0.4 is 0 Å². The number of carboxylic acid groups (broad SMARTS) is 1. The first-order valence-corrected chi connectivity index (χ1v) is 11.4. The fraction of sp³-hybridized carbons (Fsp3) is 0.231. The fourth-order valence-corrected chi connectivity index (χ4v) is 5.63. The van der Waals surface area contributed by atoms with Crippen LogP contribution in [0.3, 0.4) is 0 Å². The molecule has 1 fully saturated rings. The molecule has 4 rings (SSSR count). The molecule has 1 aromatic heterocycles. The Balaban J connectivity index is 1.94. The average molecular weight is 459 g/mol. The van der Waals surface area contributed by atoms with Crippen molar-refractivity contribution in [3.63, 3.8) is 0 Å². The molecule has 3 aromatic rings. The summed E-state index contributed by atoms with van der Waals surface area (Å²) < 4.78 is 0. The highest BCUT2D eigenvalue weighted by molar-refractivity contribution is 7.10. The minimum absolute atomic E-state index is 0.210. The highest BCUT2D eigenvalue weighted by atomic mass is 32.1. The second-order valence-corrected chi connectivity index (χ2v) is 9.16. The second-order valence-electron chi connectivity index (χ2n) is 8.19. The first kappa shape index (κ1) is 22.4. The quantitative estimate of drug-likeness (QED) is 0.565. The number of rotatable bonds is 5. The number of carboxylic acids is 1. The van der Waals surface area contributed by atoms with Gasteiger partial charge < -0.3 is 10.0 Å². The summed E-state index contributed by atoms with van der Waals surface area (Å²) in [6, 6.07) is 17.5. The zero-order valence-corrected chi connectivity index (χ0v) is 19.0. The molecular formula is C26H22N2O4S. The van der Waals surface area contributed by atoms with Crippen molar-refractivity contribution in [2.24, 2.45) is 5.92 Å². The molecule has 4 atom stereocenters. The number of Topliss-reactive ketones (excluding diaryl/α,β-unsaturated/α-hetero) is 1. The molecule has 0 bridgehead atoms. The molecule has 166 valence electrons. The average Bonchev–Trinajstić information content (AvgIpc) is 3.45. The molecule has 7 heteroatoms. The largest absolute Gasteiger partial charge is 0.480 e. The number of carbonyl (C=O) groups excluding carboxylic acids is 2. The number of carbonyl (C=O) groups is 3. The van der Waals surface area contributed by atoms with E-state index in [0.29, 0.717) is 16.7 Å². The first-order valence-electron chi connectivity index (χ1n) is 10.5. The molecule has 33 heavy (non-hydrogen) atoms. The Bertz CT molecular complexity index is 1230. The maximum absolute atomic E-state index is 13.9. The van der Waals surface area contributed by atoms with Gasteiger partial charge in [0.05, 0.1) is 23.6 Å². The van der Waals surface area contributed by atoms with Crippen molar-refractivity contribution in [3.05, 3.63) is 93.2 Å². The molecule has 0 saturated carbocycles. The van der Waals surface area contributed by atoms with Crippen molar-refractivity contribution in [3.8, 4) is 6.07 Å². The van der Waals surface area contributed by atoms with Gasteiger partial charge in [0.15, 0.2) is 5.78 Å². The van der Waals surface area contributed by atoms with E-state index in [2.05, 4.69) is 6.07 Å². The Morgan fingerprint density at radius 3 is 2.21 bits per heavy atom. The third-order valence-electron chi connectivity index (χ3n) is 6.18. The van der Waals surface area contributed by atoms with Crippen molar-refractivity contribution in [1.29, 1.82) is 5.26 Å². The molecule has 0 radical (unpaired) electrons. The van der Waals surface area contributed by atoms with Gasteiger partial charge in [-0.1, -0.05) is 48.0 Å². The molecule has 1 amide bonds. The number of amides is 1. The molecule has 2 heterocycles. The minimum atomic E-state index is -1.19. The Morgan fingerprint density at radius 2 is 1.70 bits per heavy atom. The minimum Gasteiger partial charge on any atom is -0.480 e. The lowest BCUT2D eigenvalue weighted by atomic mass is 9.78. The van der Waals surface area contributed by atoms with Gasteiger partial charge in [-0.25, -0.2) is 4.79 Å². The van der Waals surface area contributed by atoms with Gasteiger partial charge in [-0.05, 0) is 36.1 Å². The normalized spacial score (nSPS) is 22.0. The zero-order valence-electron chi connectivity index (χ0n) is 18.1. The van der Waals surface area contributed by atoms with Crippen molar-refractivity contribution in [2.45, 2.75) is 31.8 Å². The Morgan fingerprint density at radius 1 is 1.03 bits per heavy atom. The number of hydrogen-bond acceptors (Lipinski definition) is 5. The maximum atomic E-state index is 13.9. The van der Waals surface area contributed by atoms with Crippen LogP contribution in [0.1, 0.15) is 50.8 Å². The van der Waals surface area contributed by atoms with Gasteiger partial charge >= 0.3 is 5.97 Å². The van der Waals surface area contributed by atoms with E-state index in [0.717, 1.165) is 10.4 Å². The Hall–Kier alpha value is -3.76. The van der Waals surface area contributed by atoms with Gasteiger partial charge in [0.25, 0.3) is 0 Å². The predicted octanol–water partition coefficient (Wildman–Crippen LogP) is 4.57. The number of aryl methyl sites for hydroxylation is 1. The molecule has 1 aliphatic rings. The first-order chi connectivity index (χ1) is 15.8. The lowest BCUT2D eigenvalue weighted by Crippen LogP contribution is -2.42. The monoisotopic (exact) mass is 458 g/mol. The number of benzene rings is 2. The lowest BCUT2D eigenvalue weighted by Gasteiger charge is -2.29. The summed E-state index contributed by atoms with van der Waals surface area (Å²) >= 11 is 1.38. The molecule has 1 aliphatic heterocycles. The smallest absolute Gasteiger partial charge is 0.327 e. The summed E-state index contributed by atoms with van der Waals surface area (Å²) in [5, 5.41) is 21.2. The van der Waals surface area contributed by atoms with Crippen LogP contribution in [0.15, 0.2) is 66.0 Å². The van der Waals surface area contributed by atoms with Crippen LogP contribution in [-0.4, -0.2) is 33.7 Å². The maximum Gasteiger partial charge on any atom is 0.327 e. The van der Waals surface area contributed by atoms with Gasteiger partial charge in [-0.2, -0.15) is 5.26 Å². The summed E-state index contributed by atoms with van der Waals surface area (Å²) in [5.74, 6) is -3.29. The number of ketones is 1. The van der Waals surface area contributed by atoms with Gasteiger partial charge in [-0.15, -0.1) is 11.3 Å². The molecule has 1 saturated heterocycles. The van der Waals surface area contributed by atoms with E-state index in [-0.39, 0.29) is 5.78 Å². The number of likely N-dealkylation sites (tertiary alicyclic amines) is 1. The van der Waals surface area contributed by atoms with Crippen LogP contribution in [0.2, 0.25) is 0 Å². The third-order valence-corrected chi connectivity index (χ3v) is 7.15. The summed E-state index contributed by atoms with van der Waals surface area (Å²) in [5.41, 5.74) is 2.54. The number of aliphatic carboxylic acids is 1. The van der Waals surface area contributed by atoms with E-state index in [9.17, 15) is 24.8 Å². The van der Waals surface area contributed by atoms with Crippen LogP contribution in [0.4, 0.5) is 0 Å². The van der Waals surface area contributed by atoms with Gasteiger partial charge in [0.2, 0.25) is 5.91 Å². The highest BCUT2D eigenvalue weighted by Crippen LogP contribution is 2.52. The molecule has 1 N–H and O–H groups in total. The predicted molar refractivity (Wildman–Crippen MR) is 124 cm³/mol. The van der Waals surface area contributed by atoms with Crippen LogP contribution in [0.5, 0.6) is 0 Å². The van der Waals surface area contributed by atoms with E-state index in [1.165, 1.54) is 23.2 Å². The van der Waals surface area contributed by atoms with Gasteiger partial charge in [-0.3, -0.25) is 9.59 Å². The fourth-order valence-electron chi connectivity index (χ4n) is 4.73. The van der Waals surface area contributed by atoms with Crippen molar-refractivity contribution in [1.82, 2.24) is 4.90 Å². The number of hydrogen-bond donors (Lipinski definition) is 1. The van der Waals surface area contributed by atoms with Crippen LogP contribution in [-0.2, 0) is 9.59 Å². The Kier molecular flexibility index (Phi) is 6.12. The summed E-state index contributed by atoms with van der Waals surface area (Å²) in [6.45, 7) is 3.26. The molecular weight excluding hydrogens is 436 g/mol. The Labute approximate surface area is 195 Å². The van der Waals surface area contributed by atoms with Crippen molar-refractivity contribution < 1.29 is 19.5 Å². The molecule has 2 aromatic carbocycles. The number of nitriles is 1. The van der Waals surface area contributed by atoms with Crippen molar-refractivity contribution >= 4 is 29.0 Å². The topological polar surface area (TPSA) is 98.5 Å². The van der Waals surface area contributed by atoms with E-state index in [1.54, 1.807) is 36.4 Å². The second kappa shape index (κ2) is 9.00. The molecule has 6 nitrogen and oxygen atoms in total. The van der Waals surface area contributed by atoms with Crippen LogP contribution >= 0.6 is 11.3 Å². The van der Waals surface area contributed by atoms with E-state index < -0.39 is 35.8 Å². The summed E-state index contributed by atoms with van der Waals surface area (Å²) in [7, 11) is 0. The van der Waals surface area contributed by atoms with E-state index in [4.69, 9.17) is 0 Å². The van der Waals surface area contributed by atoms with Crippen molar-refractivity contribution in [2.75, 3.05) is 0 Å². The molecule has 4 unspecified atom stereocenters. The SMILES string of the molecule is CC(=O)N1C(C(=O)O)C(c2cccs2)C(C(=O)c2ccc(C)cc2)C1c1ccc(C#N)cc1. The highest BCUT2D eigenvalue weighted by Gasteiger charge is 2.57. The number of nitrogens with zero attached hydrogens (tertiary/aromatic N) is 2. The van der Waals surface area contributed by atoms with E-state index >= 15 is 0 Å². The third kappa shape index (κ3) is 4.06. The van der Waals surface area contributed by atoms with Gasteiger partial charge in [0.1, 0.15) is 6.04 Å². The van der Waals surface area contributed by atoms with Gasteiger partial charge in [0, 0.05) is 23.3 Å². The lowest BCUT2D eigenvalue weighted by molar-refractivity contribution is -0.149. The summed E-state index contributed by atoms with van der Waals surface area (Å²) in [6.07, 6.45) is 0. The van der Waals surface area contributed by atoms with Crippen LogP contribution in [0, 0.1) is 24.2 Å². The summed E-state index contributed by atoms with van der Waals surface area (Å²) in [4.78, 5) is 41.3. The van der Waals surface area contributed by atoms with Crippen LogP contribution in [0.25, 0.3) is 0 Å². The van der Waals surface area contributed by atoms with E-state index in [1.807, 2.05) is 36.6 Å². The molecule has 0 spiro atoms. The number of thiophene rings is 1.